The zero-order chi connectivity index (χ0) is 15.0. The molecule has 3 rings (SSSR count). The average Bonchev–Trinajstić information content (AvgIpc) is 3.11. The van der Waals surface area contributed by atoms with Crippen LogP contribution in [0, 0.1) is 0 Å². The largest absolute Gasteiger partial charge is 0.366 e. The number of primary amides is 1. The fourth-order valence-corrected chi connectivity index (χ4v) is 2.76. The molecule has 0 atom stereocenters. The maximum absolute atomic E-state index is 11.2. The molecule has 0 aliphatic carbocycles. The van der Waals surface area contributed by atoms with Gasteiger partial charge in [-0.2, -0.15) is 10.1 Å². The van der Waals surface area contributed by atoms with E-state index in [9.17, 15) is 4.79 Å². The monoisotopic (exact) mass is 304 g/mol. The van der Waals surface area contributed by atoms with Crippen LogP contribution in [-0.4, -0.2) is 31.1 Å². The standard InChI is InChI=1S/C13H16N6OS/c1-8(2)15-6-10-12(17-13-18(10)3-4-21-13)19-7-9(5-16-19)11(14)20/h3-5,7-8,15H,6H2,1-2H3,(H2,14,20). The Labute approximate surface area is 125 Å². The normalized spacial score (nSPS) is 11.6. The van der Waals surface area contributed by atoms with Crippen LogP contribution in [0.5, 0.6) is 0 Å². The Kier molecular flexibility index (Phi) is 3.48. The van der Waals surface area contributed by atoms with Crippen LogP contribution >= 0.6 is 11.3 Å². The minimum Gasteiger partial charge on any atom is -0.366 e. The molecular weight excluding hydrogens is 288 g/mol. The lowest BCUT2D eigenvalue weighted by molar-refractivity contribution is 0.100. The lowest BCUT2D eigenvalue weighted by Gasteiger charge is -2.09. The highest BCUT2D eigenvalue weighted by Gasteiger charge is 2.16. The van der Waals surface area contributed by atoms with Gasteiger partial charge in [0.15, 0.2) is 10.8 Å². The minimum atomic E-state index is -0.496. The first kappa shape index (κ1) is 13.8. The second-order valence-electron chi connectivity index (χ2n) is 5.01. The second kappa shape index (κ2) is 5.30. The summed E-state index contributed by atoms with van der Waals surface area (Å²) in [6, 6.07) is 0.362. The first-order valence-corrected chi connectivity index (χ1v) is 7.47. The summed E-state index contributed by atoms with van der Waals surface area (Å²) in [4.78, 5) is 16.7. The molecule has 1 amide bonds. The molecule has 3 heterocycles. The summed E-state index contributed by atoms with van der Waals surface area (Å²) in [6.07, 6.45) is 5.04. The summed E-state index contributed by atoms with van der Waals surface area (Å²) < 4.78 is 3.62. The van der Waals surface area contributed by atoms with Crippen LogP contribution in [0.2, 0.25) is 0 Å². The number of fused-ring (bicyclic) bond motifs is 1. The molecule has 0 unspecified atom stereocenters. The highest BCUT2D eigenvalue weighted by atomic mass is 32.1. The molecule has 0 aromatic carbocycles. The Bertz CT molecular complexity index is 784. The summed E-state index contributed by atoms with van der Waals surface area (Å²) >= 11 is 1.56. The van der Waals surface area contributed by atoms with E-state index in [1.807, 2.05) is 16.0 Å². The van der Waals surface area contributed by atoms with E-state index < -0.39 is 5.91 Å². The van der Waals surface area contributed by atoms with Gasteiger partial charge in [-0.05, 0) is 0 Å². The number of nitrogens with one attached hydrogen (secondary N) is 1. The van der Waals surface area contributed by atoms with Gasteiger partial charge in [0.2, 0.25) is 0 Å². The number of rotatable bonds is 5. The third kappa shape index (κ3) is 2.55. The van der Waals surface area contributed by atoms with Crippen molar-refractivity contribution < 1.29 is 4.79 Å². The van der Waals surface area contributed by atoms with Gasteiger partial charge in [-0.1, -0.05) is 13.8 Å². The number of nitrogens with zero attached hydrogens (tertiary/aromatic N) is 4. The second-order valence-corrected chi connectivity index (χ2v) is 5.88. The summed E-state index contributed by atoms with van der Waals surface area (Å²) in [5.74, 6) is 0.214. The molecule has 8 heteroatoms. The topological polar surface area (TPSA) is 90.2 Å². The predicted octanol–water partition coefficient (Wildman–Crippen LogP) is 1.18. The van der Waals surface area contributed by atoms with Crippen molar-refractivity contribution in [2.24, 2.45) is 5.73 Å². The van der Waals surface area contributed by atoms with Crippen LogP contribution in [0.4, 0.5) is 0 Å². The number of hydrogen-bond donors (Lipinski definition) is 2. The zero-order valence-electron chi connectivity index (χ0n) is 11.8. The van der Waals surface area contributed by atoms with E-state index >= 15 is 0 Å². The van der Waals surface area contributed by atoms with E-state index in [2.05, 4.69) is 29.2 Å². The predicted molar refractivity (Wildman–Crippen MR) is 80.7 cm³/mol. The Balaban J connectivity index is 2.05. The fraction of sp³-hybridized carbons (Fsp3) is 0.308. The molecule has 110 valence electrons. The van der Waals surface area contributed by atoms with Gasteiger partial charge < -0.3 is 11.1 Å². The van der Waals surface area contributed by atoms with Crippen molar-refractivity contribution in [2.75, 3.05) is 0 Å². The Morgan fingerprint density at radius 1 is 1.52 bits per heavy atom. The Hall–Kier alpha value is -2.19. The number of carbonyl (C=O) groups excluding carboxylic acids is 1. The lowest BCUT2D eigenvalue weighted by Crippen LogP contribution is -2.23. The molecular formula is C13H16N6OS. The Morgan fingerprint density at radius 2 is 2.33 bits per heavy atom. The third-order valence-electron chi connectivity index (χ3n) is 3.10. The molecule has 3 N–H and O–H groups in total. The van der Waals surface area contributed by atoms with Crippen LogP contribution in [0.15, 0.2) is 24.0 Å². The highest BCUT2D eigenvalue weighted by Crippen LogP contribution is 2.20. The zero-order valence-corrected chi connectivity index (χ0v) is 12.6. The number of thiazole rings is 1. The van der Waals surface area contributed by atoms with Crippen LogP contribution in [0.1, 0.15) is 29.9 Å². The molecule has 21 heavy (non-hydrogen) atoms. The van der Waals surface area contributed by atoms with Crippen LogP contribution in [0.25, 0.3) is 10.8 Å². The first-order chi connectivity index (χ1) is 10.1. The molecule has 0 radical (unpaired) electrons. The van der Waals surface area contributed by atoms with E-state index in [-0.39, 0.29) is 0 Å². The van der Waals surface area contributed by atoms with Gasteiger partial charge in [-0.25, -0.2) is 4.68 Å². The average molecular weight is 304 g/mol. The number of carbonyl (C=O) groups is 1. The van der Waals surface area contributed by atoms with Gasteiger partial charge in [0, 0.05) is 30.4 Å². The van der Waals surface area contributed by atoms with Gasteiger partial charge in [0.25, 0.3) is 5.91 Å². The van der Waals surface area contributed by atoms with Gasteiger partial charge in [0.05, 0.1) is 17.5 Å². The highest BCUT2D eigenvalue weighted by molar-refractivity contribution is 7.15. The van der Waals surface area contributed by atoms with Crippen molar-refractivity contribution in [2.45, 2.75) is 26.4 Å². The summed E-state index contributed by atoms with van der Waals surface area (Å²) in [5, 5.41) is 9.56. The molecule has 3 aromatic heterocycles. The molecule has 0 saturated carbocycles. The number of aromatic nitrogens is 4. The van der Waals surface area contributed by atoms with Crippen molar-refractivity contribution in [1.29, 1.82) is 0 Å². The van der Waals surface area contributed by atoms with E-state index in [4.69, 9.17) is 5.73 Å². The quantitative estimate of drug-likeness (QED) is 0.740. The SMILES string of the molecule is CC(C)NCc1c(-n2cc(C(N)=O)cn2)nc2sccn12. The molecule has 0 aliphatic heterocycles. The van der Waals surface area contributed by atoms with Crippen molar-refractivity contribution in [1.82, 2.24) is 24.5 Å². The number of amides is 1. The van der Waals surface area contributed by atoms with Crippen LogP contribution in [-0.2, 0) is 6.54 Å². The Morgan fingerprint density at radius 3 is 3.00 bits per heavy atom. The summed E-state index contributed by atoms with van der Waals surface area (Å²) in [5.41, 5.74) is 6.64. The van der Waals surface area contributed by atoms with Gasteiger partial charge >= 0.3 is 0 Å². The molecule has 3 aromatic rings. The van der Waals surface area contributed by atoms with Crippen molar-refractivity contribution in [3.8, 4) is 5.82 Å². The summed E-state index contributed by atoms with van der Waals surface area (Å²) in [6.45, 7) is 4.84. The lowest BCUT2D eigenvalue weighted by atomic mass is 10.3. The molecule has 0 spiro atoms. The maximum Gasteiger partial charge on any atom is 0.251 e. The maximum atomic E-state index is 11.2. The van der Waals surface area contributed by atoms with E-state index in [0.29, 0.717) is 24.0 Å². The van der Waals surface area contributed by atoms with Gasteiger partial charge in [0.1, 0.15) is 0 Å². The fourth-order valence-electron chi connectivity index (χ4n) is 2.04. The van der Waals surface area contributed by atoms with E-state index in [1.54, 1.807) is 22.2 Å². The van der Waals surface area contributed by atoms with Crippen LogP contribution < -0.4 is 11.1 Å². The van der Waals surface area contributed by atoms with Gasteiger partial charge in [-0.3, -0.25) is 9.20 Å². The molecule has 0 saturated heterocycles. The molecule has 0 fully saturated rings. The smallest absolute Gasteiger partial charge is 0.251 e. The molecule has 7 nitrogen and oxygen atoms in total. The van der Waals surface area contributed by atoms with E-state index in [1.165, 1.54) is 6.20 Å². The number of nitrogens with two attached hydrogens (primary N) is 1. The first-order valence-electron chi connectivity index (χ1n) is 6.59. The number of hydrogen-bond acceptors (Lipinski definition) is 5. The van der Waals surface area contributed by atoms with Crippen molar-refractivity contribution in [3.63, 3.8) is 0 Å². The third-order valence-corrected chi connectivity index (χ3v) is 3.86. The van der Waals surface area contributed by atoms with Crippen molar-refractivity contribution >= 4 is 22.2 Å². The number of imidazole rings is 1. The van der Waals surface area contributed by atoms with Crippen molar-refractivity contribution in [3.05, 3.63) is 35.2 Å². The minimum absolute atomic E-state index is 0.362. The van der Waals surface area contributed by atoms with Crippen LogP contribution in [0.3, 0.4) is 0 Å². The molecule has 0 bridgehead atoms. The van der Waals surface area contributed by atoms with E-state index in [0.717, 1.165) is 10.7 Å². The van der Waals surface area contributed by atoms with Gasteiger partial charge in [-0.15, -0.1) is 11.3 Å². The summed E-state index contributed by atoms with van der Waals surface area (Å²) in [7, 11) is 0. The molecule has 0 aliphatic rings.